The van der Waals surface area contributed by atoms with Gasteiger partial charge in [0.15, 0.2) is 0 Å². The number of nitrogens with one attached hydrogen (secondary N) is 1. The van der Waals surface area contributed by atoms with Crippen LogP contribution in [0, 0.1) is 0 Å². The molecular formula is C17H15BrN2O4S. The first-order valence-electron chi connectivity index (χ1n) is 7.48. The van der Waals surface area contributed by atoms with Gasteiger partial charge in [-0.25, -0.2) is 13.2 Å². The molecule has 0 radical (unpaired) electrons. The van der Waals surface area contributed by atoms with Crippen LogP contribution < -0.4 is 4.72 Å². The first-order valence-corrected chi connectivity index (χ1v) is 9.75. The number of fused-ring (bicyclic) bond motifs is 1. The lowest BCUT2D eigenvalue weighted by atomic mass is 10.2. The summed E-state index contributed by atoms with van der Waals surface area (Å²) in [5.74, 6) is -0.373. The maximum Gasteiger partial charge on any atom is 0.330 e. The summed E-state index contributed by atoms with van der Waals surface area (Å²) >= 11 is 3.34. The topological polar surface area (TPSA) is 84.8 Å². The van der Waals surface area contributed by atoms with Crippen LogP contribution in [0.15, 0.2) is 62.9 Å². The summed E-state index contributed by atoms with van der Waals surface area (Å²) in [5, 5.41) is 0. The highest BCUT2D eigenvalue weighted by Gasteiger charge is 2.31. The van der Waals surface area contributed by atoms with Crippen molar-refractivity contribution in [2.45, 2.75) is 24.5 Å². The molecule has 2 aromatic rings. The van der Waals surface area contributed by atoms with Gasteiger partial charge in [0, 0.05) is 10.0 Å². The molecule has 0 aromatic heterocycles. The number of halogens is 1. The van der Waals surface area contributed by atoms with E-state index < -0.39 is 22.0 Å². The predicted octanol–water partition coefficient (Wildman–Crippen LogP) is 2.62. The van der Waals surface area contributed by atoms with Crippen LogP contribution in [-0.4, -0.2) is 26.3 Å². The second-order valence-corrected chi connectivity index (χ2v) is 8.06. The van der Waals surface area contributed by atoms with E-state index in [1.165, 1.54) is 6.07 Å². The number of carbonyl (C=O) groups excluding carboxylic acids is 1. The molecule has 1 aliphatic rings. The Balaban J connectivity index is 1.71. The monoisotopic (exact) mass is 422 g/mol. The zero-order valence-electron chi connectivity index (χ0n) is 13.3. The Morgan fingerprint density at radius 1 is 1.20 bits per heavy atom. The molecule has 0 unspecified atom stereocenters. The lowest BCUT2D eigenvalue weighted by molar-refractivity contribution is -0.146. The second kappa shape index (κ2) is 6.97. The highest BCUT2D eigenvalue weighted by Crippen LogP contribution is 2.22. The molecule has 0 saturated heterocycles. The standard InChI is InChI=1S/C17H15BrN2O4S/c1-11(17(21)24-10-12-6-8-13(18)9-7-12)19-16-14-4-2-3-5-15(14)25(22,23)20-16/h2-9,11H,10H2,1H3,(H,19,20)/t11-/m0/s1. The first-order chi connectivity index (χ1) is 11.9. The number of ether oxygens (including phenoxy) is 1. The summed E-state index contributed by atoms with van der Waals surface area (Å²) in [4.78, 5) is 16.5. The second-order valence-electron chi connectivity index (χ2n) is 5.49. The van der Waals surface area contributed by atoms with Gasteiger partial charge in [0.1, 0.15) is 18.5 Å². The fourth-order valence-corrected chi connectivity index (χ4v) is 3.84. The molecule has 25 heavy (non-hydrogen) atoms. The van der Waals surface area contributed by atoms with Gasteiger partial charge < -0.3 is 4.74 Å². The zero-order chi connectivity index (χ0) is 18.0. The Kier molecular flexibility index (Phi) is 4.91. The van der Waals surface area contributed by atoms with Crippen molar-refractivity contribution < 1.29 is 17.9 Å². The Morgan fingerprint density at radius 3 is 2.60 bits per heavy atom. The van der Waals surface area contributed by atoms with Gasteiger partial charge in [-0.3, -0.25) is 9.71 Å². The third-order valence-electron chi connectivity index (χ3n) is 3.62. The normalized spacial score (nSPS) is 17.6. The first kappa shape index (κ1) is 17.6. The number of esters is 1. The Hall–Kier alpha value is -2.19. The van der Waals surface area contributed by atoms with Crippen molar-refractivity contribution in [1.82, 2.24) is 4.72 Å². The molecule has 130 valence electrons. The molecule has 6 nitrogen and oxygen atoms in total. The van der Waals surface area contributed by atoms with Gasteiger partial charge in [-0.15, -0.1) is 0 Å². The van der Waals surface area contributed by atoms with Gasteiger partial charge in [-0.1, -0.05) is 40.2 Å². The van der Waals surface area contributed by atoms with E-state index in [1.54, 1.807) is 25.1 Å². The minimum atomic E-state index is -3.62. The van der Waals surface area contributed by atoms with Crippen molar-refractivity contribution in [3.8, 4) is 0 Å². The van der Waals surface area contributed by atoms with E-state index >= 15 is 0 Å². The molecule has 1 heterocycles. The molecule has 2 aromatic carbocycles. The van der Waals surface area contributed by atoms with Crippen molar-refractivity contribution >= 4 is 37.8 Å². The van der Waals surface area contributed by atoms with Crippen LogP contribution in [0.1, 0.15) is 18.1 Å². The van der Waals surface area contributed by atoms with Crippen molar-refractivity contribution in [3.63, 3.8) is 0 Å². The summed E-state index contributed by atoms with van der Waals surface area (Å²) in [7, 11) is -3.62. The van der Waals surface area contributed by atoms with Crippen molar-refractivity contribution in [3.05, 3.63) is 64.1 Å². The Morgan fingerprint density at radius 2 is 1.88 bits per heavy atom. The number of rotatable bonds is 4. The molecule has 0 saturated carbocycles. The number of hydrogen-bond acceptors (Lipinski definition) is 5. The molecule has 3 rings (SSSR count). The maximum absolute atomic E-state index is 12.1. The number of amidine groups is 1. The number of nitrogens with zero attached hydrogens (tertiary/aromatic N) is 1. The smallest absolute Gasteiger partial charge is 0.330 e. The van der Waals surface area contributed by atoms with Gasteiger partial charge in [0.25, 0.3) is 10.0 Å². The number of carbonyl (C=O) groups is 1. The lowest BCUT2D eigenvalue weighted by Crippen LogP contribution is -2.26. The number of benzene rings is 2. The highest BCUT2D eigenvalue weighted by molar-refractivity contribution is 9.10. The summed E-state index contributed by atoms with van der Waals surface area (Å²) in [6.45, 7) is 1.69. The van der Waals surface area contributed by atoms with E-state index in [4.69, 9.17) is 4.74 Å². The van der Waals surface area contributed by atoms with Crippen LogP contribution in [0.4, 0.5) is 0 Å². The van der Waals surface area contributed by atoms with Crippen molar-refractivity contribution in [2.24, 2.45) is 4.99 Å². The quantitative estimate of drug-likeness (QED) is 0.767. The fourth-order valence-electron chi connectivity index (χ4n) is 2.33. The molecule has 0 bridgehead atoms. The van der Waals surface area contributed by atoms with E-state index in [1.807, 2.05) is 24.3 Å². The van der Waals surface area contributed by atoms with Crippen LogP contribution in [0.25, 0.3) is 0 Å². The largest absolute Gasteiger partial charge is 0.459 e. The summed E-state index contributed by atoms with van der Waals surface area (Å²) < 4.78 is 32.6. The van der Waals surface area contributed by atoms with Gasteiger partial charge in [-0.2, -0.15) is 0 Å². The van der Waals surface area contributed by atoms with Gasteiger partial charge >= 0.3 is 5.97 Å². The fraction of sp³-hybridized carbons (Fsp3) is 0.176. The Bertz CT molecular complexity index is 939. The van der Waals surface area contributed by atoms with Crippen LogP contribution in [0.5, 0.6) is 0 Å². The van der Waals surface area contributed by atoms with Gasteiger partial charge in [0.05, 0.1) is 4.90 Å². The van der Waals surface area contributed by atoms with Gasteiger partial charge in [0.2, 0.25) is 0 Å². The predicted molar refractivity (Wildman–Crippen MR) is 96.7 cm³/mol. The van der Waals surface area contributed by atoms with Crippen molar-refractivity contribution in [1.29, 1.82) is 0 Å². The summed E-state index contributed by atoms with van der Waals surface area (Å²) in [6.07, 6.45) is 0. The molecule has 1 N–H and O–H groups in total. The molecule has 0 fully saturated rings. The van der Waals surface area contributed by atoms with Gasteiger partial charge in [-0.05, 0) is 36.8 Å². The SMILES string of the molecule is C[C@H](N=C1NS(=O)(=O)c2ccccc21)C(=O)OCc1ccc(Br)cc1. The minimum absolute atomic E-state index is 0.129. The summed E-state index contributed by atoms with van der Waals surface area (Å²) in [5.41, 5.74) is 1.30. The van der Waals surface area contributed by atoms with Crippen LogP contribution in [0.3, 0.4) is 0 Å². The number of sulfonamides is 1. The van der Waals surface area contributed by atoms with Crippen molar-refractivity contribution in [2.75, 3.05) is 0 Å². The van der Waals surface area contributed by atoms with Crippen LogP contribution in [-0.2, 0) is 26.2 Å². The van der Waals surface area contributed by atoms with E-state index in [0.29, 0.717) is 5.56 Å². The molecule has 1 aliphatic heterocycles. The highest BCUT2D eigenvalue weighted by atomic mass is 79.9. The maximum atomic E-state index is 12.1. The zero-order valence-corrected chi connectivity index (χ0v) is 15.7. The van der Waals surface area contributed by atoms with E-state index in [2.05, 4.69) is 25.6 Å². The lowest BCUT2D eigenvalue weighted by Gasteiger charge is -2.09. The number of hydrogen-bond donors (Lipinski definition) is 1. The summed E-state index contributed by atoms with van der Waals surface area (Å²) in [6, 6.07) is 13.1. The third kappa shape index (κ3) is 3.91. The average Bonchev–Trinajstić information content (AvgIpc) is 2.85. The van der Waals surface area contributed by atoms with E-state index in [9.17, 15) is 13.2 Å². The van der Waals surface area contributed by atoms with E-state index in [-0.39, 0.29) is 17.3 Å². The molecule has 8 heteroatoms. The molecule has 1 atom stereocenters. The minimum Gasteiger partial charge on any atom is -0.459 e. The average molecular weight is 423 g/mol. The molecule has 0 aliphatic carbocycles. The molecule has 0 spiro atoms. The Labute approximate surface area is 154 Å². The van der Waals surface area contributed by atoms with Crippen LogP contribution >= 0.6 is 15.9 Å². The molecule has 0 amide bonds. The van der Waals surface area contributed by atoms with E-state index in [0.717, 1.165) is 10.0 Å². The molecular weight excluding hydrogens is 408 g/mol. The third-order valence-corrected chi connectivity index (χ3v) is 5.55. The number of aliphatic imine (C=N–C) groups is 1. The van der Waals surface area contributed by atoms with Crippen LogP contribution in [0.2, 0.25) is 0 Å².